The van der Waals surface area contributed by atoms with Crippen LogP contribution in [0.5, 0.6) is 11.5 Å². The molecule has 0 unspecified atom stereocenters. The normalized spacial score (nSPS) is 16.0. The van der Waals surface area contributed by atoms with Gasteiger partial charge in [-0.25, -0.2) is 0 Å². The number of methoxy groups -OCH3 is 1. The van der Waals surface area contributed by atoms with Crippen molar-refractivity contribution in [3.05, 3.63) is 22.2 Å². The van der Waals surface area contributed by atoms with Crippen LogP contribution in [0.15, 0.2) is 16.6 Å². The molecule has 0 aromatic heterocycles. The zero-order chi connectivity index (χ0) is 15.1. The summed E-state index contributed by atoms with van der Waals surface area (Å²) < 4.78 is 17.6. The average molecular weight is 359 g/mol. The third-order valence-corrected chi connectivity index (χ3v) is 4.02. The molecule has 0 saturated carbocycles. The van der Waals surface area contributed by atoms with E-state index in [4.69, 9.17) is 14.2 Å². The minimum Gasteiger partial charge on any atom is -0.493 e. The number of ether oxygens (including phenoxy) is 3. The minimum absolute atomic E-state index is 0.639. The van der Waals surface area contributed by atoms with Crippen molar-refractivity contribution in [2.75, 3.05) is 53.6 Å². The van der Waals surface area contributed by atoms with Crippen molar-refractivity contribution in [2.24, 2.45) is 0 Å². The van der Waals surface area contributed by atoms with Gasteiger partial charge < -0.3 is 19.5 Å². The Morgan fingerprint density at radius 2 is 2.10 bits per heavy atom. The number of hydrogen-bond donors (Lipinski definition) is 1. The van der Waals surface area contributed by atoms with Crippen LogP contribution in [0.25, 0.3) is 0 Å². The Hall–Kier alpha value is -0.820. The highest BCUT2D eigenvalue weighted by Gasteiger charge is 2.14. The maximum atomic E-state index is 5.92. The molecule has 1 saturated heterocycles. The molecule has 0 atom stereocenters. The summed E-state index contributed by atoms with van der Waals surface area (Å²) in [5.41, 5.74) is 1.15. The molecule has 118 valence electrons. The fraction of sp³-hybridized carbons (Fsp3) is 0.600. The fourth-order valence-electron chi connectivity index (χ4n) is 2.32. The number of halogens is 1. The third kappa shape index (κ3) is 4.85. The lowest BCUT2D eigenvalue weighted by Crippen LogP contribution is -2.38. The van der Waals surface area contributed by atoms with E-state index < -0.39 is 0 Å². The van der Waals surface area contributed by atoms with E-state index >= 15 is 0 Å². The summed E-state index contributed by atoms with van der Waals surface area (Å²) in [6, 6.07) is 4.06. The molecular weight excluding hydrogens is 336 g/mol. The Labute approximate surface area is 134 Å². The van der Waals surface area contributed by atoms with Crippen LogP contribution in [-0.2, 0) is 11.3 Å². The monoisotopic (exact) mass is 358 g/mol. The lowest BCUT2D eigenvalue weighted by Gasteiger charge is -2.26. The molecule has 0 amide bonds. The van der Waals surface area contributed by atoms with E-state index in [2.05, 4.69) is 32.2 Å². The van der Waals surface area contributed by atoms with E-state index in [1.165, 1.54) is 0 Å². The Bertz CT molecular complexity index is 451. The Balaban J connectivity index is 1.94. The molecule has 1 aliphatic rings. The quantitative estimate of drug-likeness (QED) is 0.806. The van der Waals surface area contributed by atoms with Gasteiger partial charge in [0.25, 0.3) is 0 Å². The topological polar surface area (TPSA) is 43.0 Å². The number of morpholine rings is 1. The van der Waals surface area contributed by atoms with Crippen LogP contribution in [0.1, 0.15) is 5.56 Å². The van der Waals surface area contributed by atoms with Crippen molar-refractivity contribution in [3.63, 3.8) is 0 Å². The summed E-state index contributed by atoms with van der Waals surface area (Å²) in [5, 5.41) is 3.13. The SMILES string of the molecule is CNCc1cc(Br)c(OCCN2CCOCC2)c(OC)c1. The first-order valence-electron chi connectivity index (χ1n) is 7.18. The summed E-state index contributed by atoms with van der Waals surface area (Å²) >= 11 is 3.57. The first-order valence-corrected chi connectivity index (χ1v) is 7.97. The number of hydrogen-bond acceptors (Lipinski definition) is 5. The Kier molecular flexibility index (Phi) is 6.76. The fourth-order valence-corrected chi connectivity index (χ4v) is 2.92. The van der Waals surface area contributed by atoms with Gasteiger partial charge in [0.15, 0.2) is 11.5 Å². The van der Waals surface area contributed by atoms with E-state index in [0.29, 0.717) is 6.61 Å². The number of benzene rings is 1. The molecule has 0 spiro atoms. The van der Waals surface area contributed by atoms with E-state index in [0.717, 1.165) is 60.9 Å². The smallest absolute Gasteiger partial charge is 0.175 e. The van der Waals surface area contributed by atoms with Crippen molar-refractivity contribution >= 4 is 15.9 Å². The Morgan fingerprint density at radius 3 is 2.76 bits per heavy atom. The first kappa shape index (κ1) is 16.5. The second kappa shape index (κ2) is 8.58. The lowest BCUT2D eigenvalue weighted by molar-refractivity contribution is 0.0320. The van der Waals surface area contributed by atoms with Gasteiger partial charge in [-0.15, -0.1) is 0 Å². The summed E-state index contributed by atoms with van der Waals surface area (Å²) in [6.45, 7) is 5.91. The van der Waals surface area contributed by atoms with Crippen molar-refractivity contribution in [1.29, 1.82) is 0 Å². The van der Waals surface area contributed by atoms with Crippen molar-refractivity contribution in [1.82, 2.24) is 10.2 Å². The molecule has 1 aromatic rings. The van der Waals surface area contributed by atoms with Crippen LogP contribution >= 0.6 is 15.9 Å². The number of rotatable bonds is 7. The molecule has 0 radical (unpaired) electrons. The molecular formula is C15H23BrN2O3. The maximum absolute atomic E-state index is 5.92. The van der Waals surface area contributed by atoms with Gasteiger partial charge in [-0.3, -0.25) is 4.90 Å². The maximum Gasteiger partial charge on any atom is 0.175 e. The van der Waals surface area contributed by atoms with Crippen molar-refractivity contribution < 1.29 is 14.2 Å². The van der Waals surface area contributed by atoms with E-state index in [9.17, 15) is 0 Å². The molecule has 1 heterocycles. The largest absolute Gasteiger partial charge is 0.493 e. The van der Waals surface area contributed by atoms with Crippen LogP contribution in [-0.4, -0.2) is 58.5 Å². The molecule has 5 nitrogen and oxygen atoms in total. The van der Waals surface area contributed by atoms with Gasteiger partial charge in [-0.2, -0.15) is 0 Å². The van der Waals surface area contributed by atoms with Gasteiger partial charge in [0, 0.05) is 26.2 Å². The second-order valence-electron chi connectivity index (χ2n) is 4.94. The average Bonchev–Trinajstić information content (AvgIpc) is 2.50. The number of nitrogens with one attached hydrogen (secondary N) is 1. The predicted molar refractivity (Wildman–Crippen MR) is 86.2 cm³/mol. The Morgan fingerprint density at radius 1 is 1.33 bits per heavy atom. The zero-order valence-corrected chi connectivity index (χ0v) is 14.2. The van der Waals surface area contributed by atoms with E-state index in [-0.39, 0.29) is 0 Å². The van der Waals surface area contributed by atoms with Gasteiger partial charge in [-0.05, 0) is 40.7 Å². The predicted octanol–water partition coefficient (Wildman–Crippen LogP) is 1.89. The highest BCUT2D eigenvalue weighted by Crippen LogP contribution is 2.36. The van der Waals surface area contributed by atoms with Crippen LogP contribution in [0.3, 0.4) is 0 Å². The summed E-state index contributed by atoms with van der Waals surface area (Å²) in [5.74, 6) is 1.53. The molecule has 2 rings (SSSR count). The molecule has 21 heavy (non-hydrogen) atoms. The highest BCUT2D eigenvalue weighted by molar-refractivity contribution is 9.10. The van der Waals surface area contributed by atoms with Gasteiger partial charge in [0.1, 0.15) is 6.61 Å². The molecule has 1 aliphatic heterocycles. The highest BCUT2D eigenvalue weighted by atomic mass is 79.9. The molecule has 6 heteroatoms. The van der Waals surface area contributed by atoms with E-state index in [1.807, 2.05) is 13.1 Å². The van der Waals surface area contributed by atoms with Crippen LogP contribution in [0, 0.1) is 0 Å². The first-order chi connectivity index (χ1) is 10.2. The standard InChI is InChI=1S/C15H23BrN2O3/c1-17-11-12-9-13(16)15(14(10-12)19-2)21-8-5-18-3-6-20-7-4-18/h9-10,17H,3-8,11H2,1-2H3. The summed E-state index contributed by atoms with van der Waals surface area (Å²) in [6.07, 6.45) is 0. The molecule has 1 N–H and O–H groups in total. The molecule has 0 bridgehead atoms. The second-order valence-corrected chi connectivity index (χ2v) is 5.80. The third-order valence-electron chi connectivity index (χ3n) is 3.43. The zero-order valence-electron chi connectivity index (χ0n) is 12.7. The minimum atomic E-state index is 0.639. The van der Waals surface area contributed by atoms with Crippen LogP contribution < -0.4 is 14.8 Å². The van der Waals surface area contributed by atoms with E-state index in [1.54, 1.807) is 7.11 Å². The van der Waals surface area contributed by atoms with Crippen molar-refractivity contribution in [3.8, 4) is 11.5 Å². The molecule has 0 aliphatic carbocycles. The van der Waals surface area contributed by atoms with Gasteiger partial charge in [0.05, 0.1) is 24.8 Å². The van der Waals surface area contributed by atoms with Crippen LogP contribution in [0.4, 0.5) is 0 Å². The lowest BCUT2D eigenvalue weighted by atomic mass is 10.2. The van der Waals surface area contributed by atoms with Crippen LogP contribution in [0.2, 0.25) is 0 Å². The van der Waals surface area contributed by atoms with Crippen molar-refractivity contribution in [2.45, 2.75) is 6.54 Å². The van der Waals surface area contributed by atoms with Gasteiger partial charge in [-0.1, -0.05) is 0 Å². The summed E-state index contributed by atoms with van der Waals surface area (Å²) in [7, 11) is 3.59. The van der Waals surface area contributed by atoms with Gasteiger partial charge in [0.2, 0.25) is 0 Å². The molecule has 1 fully saturated rings. The van der Waals surface area contributed by atoms with Gasteiger partial charge >= 0.3 is 0 Å². The molecule has 1 aromatic carbocycles. The number of nitrogens with zero attached hydrogens (tertiary/aromatic N) is 1. The summed E-state index contributed by atoms with van der Waals surface area (Å²) in [4.78, 5) is 2.35.